The third kappa shape index (κ3) is 2.04. The van der Waals surface area contributed by atoms with Crippen molar-refractivity contribution in [1.82, 2.24) is 14.5 Å². The molecular weight excluding hydrogens is 269 g/mol. The fourth-order valence-corrected chi connectivity index (χ4v) is 2.66. The number of nitrogens with zero attached hydrogens (tertiary/aromatic N) is 3. The minimum Gasteiger partial charge on any atom is -0.358 e. The fraction of sp³-hybridized carbons (Fsp3) is 0.0769. The second-order valence-electron chi connectivity index (χ2n) is 4.26. The summed E-state index contributed by atoms with van der Waals surface area (Å²) in [5, 5.41) is 10.9. The highest BCUT2D eigenvalue weighted by Crippen LogP contribution is 2.28. The molecule has 3 aromatic rings. The normalized spacial score (nSPS) is 10.6. The summed E-state index contributed by atoms with van der Waals surface area (Å²) in [5.74, 6) is 0. The molecule has 0 fully saturated rings. The molecule has 0 atom stereocenters. The highest BCUT2D eigenvalue weighted by molar-refractivity contribution is 8.00. The molecule has 0 saturated carbocycles. The fourth-order valence-electron chi connectivity index (χ4n) is 1.94. The summed E-state index contributed by atoms with van der Waals surface area (Å²) in [7, 11) is 7.55. The van der Waals surface area contributed by atoms with Gasteiger partial charge in [0.1, 0.15) is 11.1 Å². The molecule has 0 aliphatic heterocycles. The smallest absolute Gasteiger partial charge is 0.167 e. The second kappa shape index (κ2) is 4.98. The molecular formula is C13H10BN5S. The largest absolute Gasteiger partial charge is 0.358 e. The first-order valence-electron chi connectivity index (χ1n) is 5.91. The van der Waals surface area contributed by atoms with Gasteiger partial charge in [-0.15, -0.1) is 0 Å². The molecule has 2 heterocycles. The van der Waals surface area contributed by atoms with E-state index < -0.39 is 0 Å². The van der Waals surface area contributed by atoms with Gasteiger partial charge >= 0.3 is 0 Å². The molecule has 1 aromatic carbocycles. The molecule has 0 spiro atoms. The number of nitriles is 1. The maximum atomic E-state index is 9.04. The van der Waals surface area contributed by atoms with Gasteiger partial charge in [0.15, 0.2) is 7.85 Å². The van der Waals surface area contributed by atoms with Gasteiger partial charge in [-0.1, -0.05) is 12.1 Å². The summed E-state index contributed by atoms with van der Waals surface area (Å²) in [6, 6.07) is 7.95. The van der Waals surface area contributed by atoms with E-state index in [1.165, 1.54) is 11.9 Å². The van der Waals surface area contributed by atoms with E-state index in [1.54, 1.807) is 17.0 Å². The number of aromatic nitrogens is 3. The van der Waals surface area contributed by atoms with Gasteiger partial charge in [-0.3, -0.25) is 4.98 Å². The molecule has 5 nitrogen and oxygen atoms in total. The van der Waals surface area contributed by atoms with Crippen LogP contribution < -0.4 is 10.4 Å². The summed E-state index contributed by atoms with van der Waals surface area (Å²) >= 11 is 1.42. The summed E-state index contributed by atoms with van der Waals surface area (Å²) in [6.07, 6.45) is 3.42. The summed E-state index contributed by atoms with van der Waals surface area (Å²) in [4.78, 5) is 7.16. The minimum absolute atomic E-state index is 0.471. The van der Waals surface area contributed by atoms with Crippen LogP contribution in [0.4, 0.5) is 5.69 Å². The quantitative estimate of drug-likeness (QED) is 0.565. The first-order valence-corrected chi connectivity index (χ1v) is 6.72. The molecule has 0 saturated heterocycles. The van der Waals surface area contributed by atoms with E-state index in [-0.39, 0.29) is 0 Å². The van der Waals surface area contributed by atoms with Gasteiger partial charge in [-0.25, -0.2) is 0 Å². The maximum Gasteiger partial charge on any atom is 0.167 e. The van der Waals surface area contributed by atoms with E-state index in [2.05, 4.69) is 20.8 Å². The van der Waals surface area contributed by atoms with Gasteiger partial charge in [-0.05, 0) is 6.07 Å². The van der Waals surface area contributed by atoms with E-state index in [9.17, 15) is 0 Å². The van der Waals surface area contributed by atoms with E-state index in [0.717, 1.165) is 21.6 Å². The highest BCUT2D eigenvalue weighted by Gasteiger charge is 2.08. The summed E-state index contributed by atoms with van der Waals surface area (Å²) in [6.45, 7) is 0. The molecule has 2 N–H and O–H groups in total. The van der Waals surface area contributed by atoms with Crippen LogP contribution in [0, 0.1) is 11.3 Å². The second-order valence-corrected chi connectivity index (χ2v) is 5.09. The van der Waals surface area contributed by atoms with Crippen molar-refractivity contribution < 1.29 is 0 Å². The number of anilines is 1. The molecule has 0 amide bonds. The van der Waals surface area contributed by atoms with Crippen molar-refractivity contribution in [2.45, 2.75) is 5.03 Å². The van der Waals surface area contributed by atoms with Crippen LogP contribution in [-0.2, 0) is 7.05 Å². The van der Waals surface area contributed by atoms with Gasteiger partial charge in [-0.2, -0.15) is 5.26 Å². The van der Waals surface area contributed by atoms with Crippen LogP contribution >= 0.6 is 11.9 Å². The molecule has 0 aliphatic rings. The lowest BCUT2D eigenvalue weighted by molar-refractivity contribution is 0.853. The van der Waals surface area contributed by atoms with E-state index in [1.807, 2.05) is 25.2 Å². The standard InChI is InChI=1S/C13H10BN5S/c1-19-11(7-17-13(19)14)20-18-10-4-2-3-9-8(5-15)6-16-12(9)10/h2-4,6-7,16,18H,1H3. The van der Waals surface area contributed by atoms with Gasteiger partial charge < -0.3 is 14.3 Å². The number of rotatable bonds is 3. The van der Waals surface area contributed by atoms with E-state index in [4.69, 9.17) is 13.1 Å². The molecule has 0 unspecified atom stereocenters. The molecule has 2 aromatic heterocycles. The Kier molecular flexibility index (Phi) is 3.16. The first-order chi connectivity index (χ1) is 9.70. The van der Waals surface area contributed by atoms with E-state index >= 15 is 0 Å². The monoisotopic (exact) mass is 279 g/mol. The lowest BCUT2D eigenvalue weighted by atomic mass is 10.1. The Morgan fingerprint density at radius 3 is 3.05 bits per heavy atom. The van der Waals surface area contributed by atoms with Crippen LogP contribution in [-0.4, -0.2) is 22.4 Å². The third-order valence-electron chi connectivity index (χ3n) is 3.08. The first kappa shape index (κ1) is 12.7. The number of hydrogen-bond acceptors (Lipinski definition) is 4. The lowest BCUT2D eigenvalue weighted by Crippen LogP contribution is -2.16. The van der Waals surface area contributed by atoms with Gasteiger partial charge in [0.25, 0.3) is 0 Å². The maximum absolute atomic E-state index is 9.04. The SMILES string of the molecule is [B]c1ncc(SNc2cccc3c(C#N)c[nH]c23)n1C. The topological polar surface area (TPSA) is 69.4 Å². The average molecular weight is 279 g/mol. The van der Waals surface area contributed by atoms with Gasteiger partial charge in [0.2, 0.25) is 0 Å². The average Bonchev–Trinajstić information content (AvgIpc) is 3.02. The lowest BCUT2D eigenvalue weighted by Gasteiger charge is -2.07. The predicted molar refractivity (Wildman–Crippen MR) is 81.1 cm³/mol. The van der Waals surface area contributed by atoms with Crippen molar-refractivity contribution >= 4 is 42.1 Å². The number of hydrogen-bond donors (Lipinski definition) is 2. The van der Waals surface area contributed by atoms with Crippen molar-refractivity contribution in [3.8, 4) is 6.07 Å². The Labute approximate surface area is 121 Å². The molecule has 20 heavy (non-hydrogen) atoms. The summed E-state index contributed by atoms with van der Waals surface area (Å²) < 4.78 is 5.05. The Hall–Kier alpha value is -2.33. The van der Waals surface area contributed by atoms with Crippen molar-refractivity contribution in [3.63, 3.8) is 0 Å². The minimum atomic E-state index is 0.471. The van der Waals surface area contributed by atoms with Gasteiger partial charge in [0, 0.05) is 30.6 Å². The molecule has 3 rings (SSSR count). The van der Waals surface area contributed by atoms with Gasteiger partial charge in [0.05, 0.1) is 28.7 Å². The van der Waals surface area contributed by atoms with Crippen LogP contribution in [0.1, 0.15) is 5.56 Å². The Morgan fingerprint density at radius 1 is 1.50 bits per heavy atom. The number of imidazole rings is 1. The molecule has 0 aliphatic carbocycles. The number of nitrogens with one attached hydrogen (secondary N) is 2. The number of aromatic amines is 1. The third-order valence-corrected chi connectivity index (χ3v) is 3.99. The van der Waals surface area contributed by atoms with Crippen LogP contribution in [0.25, 0.3) is 10.9 Å². The number of para-hydroxylation sites is 1. The molecule has 0 bridgehead atoms. The molecule has 2 radical (unpaired) electrons. The van der Waals surface area contributed by atoms with Crippen LogP contribution in [0.5, 0.6) is 0 Å². The zero-order valence-electron chi connectivity index (χ0n) is 10.7. The zero-order valence-corrected chi connectivity index (χ0v) is 11.5. The molecule has 96 valence electrons. The van der Waals surface area contributed by atoms with Crippen LogP contribution in [0.3, 0.4) is 0 Å². The van der Waals surface area contributed by atoms with Crippen molar-refractivity contribution in [1.29, 1.82) is 5.26 Å². The van der Waals surface area contributed by atoms with Crippen LogP contribution in [0.2, 0.25) is 0 Å². The van der Waals surface area contributed by atoms with Crippen molar-refractivity contribution in [2.24, 2.45) is 7.05 Å². The van der Waals surface area contributed by atoms with E-state index in [0.29, 0.717) is 11.3 Å². The summed E-state index contributed by atoms with van der Waals surface area (Å²) in [5.41, 5.74) is 2.93. The zero-order chi connectivity index (χ0) is 14.1. The Morgan fingerprint density at radius 2 is 2.35 bits per heavy atom. The number of benzene rings is 1. The molecule has 7 heteroatoms. The predicted octanol–water partition coefficient (Wildman–Crippen LogP) is 1.69. The number of H-pyrrole nitrogens is 1. The number of fused-ring (bicyclic) bond motifs is 1. The van der Waals surface area contributed by atoms with Crippen molar-refractivity contribution in [2.75, 3.05) is 4.72 Å². The highest BCUT2D eigenvalue weighted by atomic mass is 32.2. The Bertz CT molecular complexity index is 814. The Balaban J connectivity index is 1.90. The van der Waals surface area contributed by atoms with Crippen LogP contribution in [0.15, 0.2) is 35.6 Å². The van der Waals surface area contributed by atoms with Crippen molar-refractivity contribution in [3.05, 3.63) is 36.2 Å².